The summed E-state index contributed by atoms with van der Waals surface area (Å²) in [5.41, 5.74) is 5.14. The molecule has 4 rings (SSSR count). The molecule has 0 aromatic heterocycles. The lowest BCUT2D eigenvalue weighted by molar-refractivity contribution is -0.153. The zero-order valence-corrected chi connectivity index (χ0v) is 14.7. The summed E-state index contributed by atoms with van der Waals surface area (Å²) in [6.07, 6.45) is 2.90. The molecule has 1 amide bonds. The summed E-state index contributed by atoms with van der Waals surface area (Å²) in [6, 6.07) is 15.5. The van der Waals surface area contributed by atoms with Crippen LogP contribution in [0.15, 0.2) is 60.7 Å². The van der Waals surface area contributed by atoms with Crippen LogP contribution in [-0.4, -0.2) is 29.8 Å². The van der Waals surface area contributed by atoms with Gasteiger partial charge in [-0.1, -0.05) is 30.3 Å². The van der Waals surface area contributed by atoms with E-state index in [4.69, 9.17) is 9.68 Å². The lowest BCUT2D eigenvalue weighted by Gasteiger charge is -2.35. The highest BCUT2D eigenvalue weighted by Crippen LogP contribution is 2.34. The van der Waals surface area contributed by atoms with Gasteiger partial charge in [0, 0.05) is 18.8 Å². The molecule has 0 unspecified atom stereocenters. The second kappa shape index (κ2) is 7.38. The maximum Gasteiger partial charge on any atom is 0.430 e. The predicted molar refractivity (Wildman–Crippen MR) is 98.7 cm³/mol. The highest BCUT2D eigenvalue weighted by Gasteiger charge is 2.39. The summed E-state index contributed by atoms with van der Waals surface area (Å²) in [7, 11) is 0. The standard InChI is InChI=1S/C20H20FN3O3/c21-16-6-8-17(9-7-16)22-19(25)26-24-12-10-20(11-13-24)14-18(23-27-20)15-4-2-1-3-5-15/h1-9,14,23H,10-13H2,(H,22,25). The predicted octanol–water partition coefficient (Wildman–Crippen LogP) is 3.70. The van der Waals surface area contributed by atoms with E-state index in [9.17, 15) is 9.18 Å². The third-order valence-electron chi connectivity index (χ3n) is 4.73. The number of hydrogen-bond donors (Lipinski definition) is 2. The van der Waals surface area contributed by atoms with E-state index in [1.54, 1.807) is 5.06 Å². The molecule has 0 atom stereocenters. The summed E-state index contributed by atoms with van der Waals surface area (Å²) in [4.78, 5) is 23.2. The number of hydroxylamine groups is 3. The minimum Gasteiger partial charge on any atom is -0.351 e. The molecule has 7 heteroatoms. The quantitative estimate of drug-likeness (QED) is 0.864. The Morgan fingerprint density at radius 2 is 1.81 bits per heavy atom. The number of benzene rings is 2. The van der Waals surface area contributed by atoms with E-state index in [1.165, 1.54) is 24.3 Å². The van der Waals surface area contributed by atoms with E-state index in [-0.39, 0.29) is 5.82 Å². The first kappa shape index (κ1) is 17.5. The fraction of sp³-hybridized carbons (Fsp3) is 0.250. The zero-order valence-electron chi connectivity index (χ0n) is 14.7. The fourth-order valence-corrected chi connectivity index (χ4v) is 3.23. The van der Waals surface area contributed by atoms with Crippen LogP contribution in [0.1, 0.15) is 18.4 Å². The molecule has 0 radical (unpaired) electrons. The smallest absolute Gasteiger partial charge is 0.351 e. The molecule has 2 heterocycles. The van der Waals surface area contributed by atoms with Gasteiger partial charge in [-0.05, 0) is 48.7 Å². The van der Waals surface area contributed by atoms with Crippen molar-refractivity contribution in [3.63, 3.8) is 0 Å². The SMILES string of the molecule is O=C(Nc1ccc(F)cc1)ON1CCC2(C=C(c3ccccc3)NO2)CC1. The van der Waals surface area contributed by atoms with E-state index in [1.807, 2.05) is 30.3 Å². The molecule has 2 aliphatic heterocycles. The van der Waals surface area contributed by atoms with Crippen LogP contribution in [0.25, 0.3) is 5.70 Å². The normalized spacial score (nSPS) is 18.6. The third kappa shape index (κ3) is 4.10. The van der Waals surface area contributed by atoms with Gasteiger partial charge in [-0.2, -0.15) is 0 Å². The highest BCUT2D eigenvalue weighted by atomic mass is 19.1. The molecular weight excluding hydrogens is 349 g/mol. The molecule has 2 aromatic rings. The molecule has 140 valence electrons. The van der Waals surface area contributed by atoms with Crippen LogP contribution >= 0.6 is 0 Å². The minimum absolute atomic E-state index is 0.358. The fourth-order valence-electron chi connectivity index (χ4n) is 3.23. The number of carbonyl (C=O) groups is 1. The zero-order chi connectivity index (χ0) is 18.7. The second-order valence-electron chi connectivity index (χ2n) is 6.63. The van der Waals surface area contributed by atoms with Gasteiger partial charge in [0.1, 0.15) is 11.4 Å². The number of hydrogen-bond acceptors (Lipinski definition) is 5. The van der Waals surface area contributed by atoms with Crippen molar-refractivity contribution < 1.29 is 18.9 Å². The molecule has 1 saturated heterocycles. The molecule has 2 aliphatic rings. The van der Waals surface area contributed by atoms with Gasteiger partial charge < -0.3 is 4.84 Å². The number of amides is 1. The molecule has 2 N–H and O–H groups in total. The van der Waals surface area contributed by atoms with Crippen molar-refractivity contribution >= 4 is 17.5 Å². The number of rotatable bonds is 3. The van der Waals surface area contributed by atoms with Gasteiger partial charge in [0.2, 0.25) is 0 Å². The lowest BCUT2D eigenvalue weighted by Crippen LogP contribution is -2.45. The largest absolute Gasteiger partial charge is 0.430 e. The Labute approximate surface area is 156 Å². The van der Waals surface area contributed by atoms with Gasteiger partial charge in [0.15, 0.2) is 0 Å². The van der Waals surface area contributed by atoms with Crippen molar-refractivity contribution in [1.82, 2.24) is 10.5 Å². The van der Waals surface area contributed by atoms with E-state index >= 15 is 0 Å². The maximum atomic E-state index is 12.9. The van der Waals surface area contributed by atoms with Gasteiger partial charge in [-0.3, -0.25) is 15.6 Å². The number of nitrogens with one attached hydrogen (secondary N) is 2. The van der Waals surface area contributed by atoms with E-state index < -0.39 is 11.7 Å². The van der Waals surface area contributed by atoms with Gasteiger partial charge >= 0.3 is 6.09 Å². The van der Waals surface area contributed by atoms with Crippen LogP contribution in [0.2, 0.25) is 0 Å². The van der Waals surface area contributed by atoms with Crippen LogP contribution in [0.4, 0.5) is 14.9 Å². The molecular formula is C20H20FN3O3. The summed E-state index contributed by atoms with van der Waals surface area (Å²) < 4.78 is 12.9. The maximum absolute atomic E-state index is 12.9. The highest BCUT2D eigenvalue weighted by molar-refractivity contribution is 5.84. The monoisotopic (exact) mass is 369 g/mol. The summed E-state index contributed by atoms with van der Waals surface area (Å²) in [5, 5.41) is 4.19. The Hall–Kier alpha value is -2.90. The molecule has 1 fully saturated rings. The number of anilines is 1. The Morgan fingerprint density at radius 1 is 1.11 bits per heavy atom. The van der Waals surface area contributed by atoms with Crippen molar-refractivity contribution in [3.8, 4) is 0 Å². The van der Waals surface area contributed by atoms with E-state index in [2.05, 4.69) is 16.9 Å². The van der Waals surface area contributed by atoms with Crippen LogP contribution in [-0.2, 0) is 9.68 Å². The first-order valence-electron chi connectivity index (χ1n) is 8.84. The molecule has 6 nitrogen and oxygen atoms in total. The Balaban J connectivity index is 1.31. The van der Waals surface area contributed by atoms with Crippen molar-refractivity contribution in [1.29, 1.82) is 0 Å². The Morgan fingerprint density at radius 3 is 2.52 bits per heavy atom. The first-order chi connectivity index (χ1) is 13.1. The van der Waals surface area contributed by atoms with E-state index in [0.717, 1.165) is 11.3 Å². The molecule has 0 bridgehead atoms. The third-order valence-corrected chi connectivity index (χ3v) is 4.73. The summed E-state index contributed by atoms with van der Waals surface area (Å²) in [6.45, 7) is 1.11. The molecule has 0 saturated carbocycles. The number of carbonyl (C=O) groups excluding carboxylic acids is 1. The lowest BCUT2D eigenvalue weighted by atomic mass is 9.91. The van der Waals surface area contributed by atoms with Crippen molar-refractivity contribution in [3.05, 3.63) is 72.1 Å². The van der Waals surface area contributed by atoms with Crippen LogP contribution < -0.4 is 10.8 Å². The van der Waals surface area contributed by atoms with Crippen LogP contribution in [0.5, 0.6) is 0 Å². The van der Waals surface area contributed by atoms with Crippen LogP contribution in [0.3, 0.4) is 0 Å². The molecule has 0 aliphatic carbocycles. The topological polar surface area (TPSA) is 62.8 Å². The van der Waals surface area contributed by atoms with Gasteiger partial charge in [-0.15, -0.1) is 5.06 Å². The molecule has 27 heavy (non-hydrogen) atoms. The van der Waals surface area contributed by atoms with Gasteiger partial charge in [-0.25, -0.2) is 9.18 Å². The number of piperidine rings is 1. The van der Waals surface area contributed by atoms with Gasteiger partial charge in [0.25, 0.3) is 0 Å². The number of nitrogens with zero attached hydrogens (tertiary/aromatic N) is 1. The van der Waals surface area contributed by atoms with Crippen molar-refractivity contribution in [2.45, 2.75) is 18.4 Å². The Kier molecular flexibility index (Phi) is 4.79. The van der Waals surface area contributed by atoms with E-state index in [0.29, 0.717) is 31.6 Å². The van der Waals surface area contributed by atoms with Crippen LogP contribution in [0, 0.1) is 5.82 Å². The van der Waals surface area contributed by atoms with Gasteiger partial charge in [0.05, 0.1) is 5.70 Å². The minimum atomic E-state index is -0.594. The first-order valence-corrected chi connectivity index (χ1v) is 8.84. The summed E-state index contributed by atoms with van der Waals surface area (Å²) in [5.74, 6) is -0.358. The number of halogens is 1. The second-order valence-corrected chi connectivity index (χ2v) is 6.63. The average molecular weight is 369 g/mol. The van der Waals surface area contributed by atoms with Crippen molar-refractivity contribution in [2.75, 3.05) is 18.4 Å². The average Bonchev–Trinajstić information content (AvgIpc) is 3.10. The molecule has 2 aromatic carbocycles. The molecule has 1 spiro atoms. The Bertz CT molecular complexity index is 831. The van der Waals surface area contributed by atoms with Crippen molar-refractivity contribution in [2.24, 2.45) is 0 Å². The summed E-state index contributed by atoms with van der Waals surface area (Å²) >= 11 is 0.